The summed E-state index contributed by atoms with van der Waals surface area (Å²) >= 11 is 2.08. The average molecular weight is 345 g/mol. The second-order valence-electron chi connectivity index (χ2n) is 3.62. The minimum atomic E-state index is -0.219. The summed E-state index contributed by atoms with van der Waals surface area (Å²) in [7, 11) is 0. The molecule has 90 valence electrons. The summed E-state index contributed by atoms with van der Waals surface area (Å²) in [4.78, 5) is 25.3. The van der Waals surface area contributed by atoms with Gasteiger partial charge in [0, 0.05) is 10.2 Å². The van der Waals surface area contributed by atoms with Crippen molar-refractivity contribution in [3.05, 3.63) is 32.9 Å². The molecule has 0 atom stereocenters. The average Bonchev–Trinajstić information content (AvgIpc) is 2.55. The van der Waals surface area contributed by atoms with Crippen LogP contribution in [-0.4, -0.2) is 36.5 Å². The van der Waals surface area contributed by atoms with Gasteiger partial charge in [0.25, 0.3) is 11.8 Å². The van der Waals surface area contributed by atoms with Crippen LogP contribution in [0.4, 0.5) is 0 Å². The standard InChI is InChI=1S/C12H12INO3/c1-2-17-7-6-14-11(15)8-4-3-5-9(13)10(8)12(14)16/h3-5H,2,6-7H2,1H3. The molecule has 0 saturated carbocycles. The van der Waals surface area contributed by atoms with Crippen LogP contribution in [0.5, 0.6) is 0 Å². The first-order valence-electron chi connectivity index (χ1n) is 5.39. The molecule has 1 aliphatic rings. The highest BCUT2D eigenvalue weighted by atomic mass is 127. The van der Waals surface area contributed by atoms with Gasteiger partial charge >= 0.3 is 0 Å². The van der Waals surface area contributed by atoms with Crippen LogP contribution in [0.25, 0.3) is 0 Å². The summed E-state index contributed by atoms with van der Waals surface area (Å²) in [5.41, 5.74) is 1.02. The van der Waals surface area contributed by atoms with Crippen molar-refractivity contribution in [2.45, 2.75) is 6.92 Å². The molecular formula is C12H12INO3. The first-order valence-corrected chi connectivity index (χ1v) is 6.47. The third-order valence-corrected chi connectivity index (χ3v) is 3.51. The number of carbonyl (C=O) groups excluding carboxylic acids is 2. The molecule has 1 aromatic rings. The molecule has 4 nitrogen and oxygen atoms in total. The molecule has 0 spiro atoms. The van der Waals surface area contributed by atoms with Crippen LogP contribution in [0, 0.1) is 3.57 Å². The van der Waals surface area contributed by atoms with Gasteiger partial charge in [-0.1, -0.05) is 6.07 Å². The minimum absolute atomic E-state index is 0.213. The predicted octanol–water partition coefficient (Wildman–Crippen LogP) is 1.92. The van der Waals surface area contributed by atoms with Gasteiger partial charge in [0.2, 0.25) is 0 Å². The number of carbonyl (C=O) groups is 2. The maximum absolute atomic E-state index is 12.1. The number of amides is 2. The number of hydrogen-bond donors (Lipinski definition) is 0. The molecule has 1 aromatic carbocycles. The predicted molar refractivity (Wildman–Crippen MR) is 71.0 cm³/mol. The molecule has 2 amide bonds. The van der Waals surface area contributed by atoms with Crippen LogP contribution >= 0.6 is 22.6 Å². The van der Waals surface area contributed by atoms with E-state index >= 15 is 0 Å². The zero-order chi connectivity index (χ0) is 12.4. The zero-order valence-electron chi connectivity index (χ0n) is 9.40. The van der Waals surface area contributed by atoms with Crippen molar-refractivity contribution in [3.8, 4) is 0 Å². The monoisotopic (exact) mass is 345 g/mol. The van der Waals surface area contributed by atoms with Crippen LogP contribution in [0.2, 0.25) is 0 Å². The van der Waals surface area contributed by atoms with Gasteiger partial charge in [-0.2, -0.15) is 0 Å². The van der Waals surface area contributed by atoms with Gasteiger partial charge in [-0.25, -0.2) is 0 Å². The Balaban J connectivity index is 2.24. The Labute approximate surface area is 113 Å². The summed E-state index contributed by atoms with van der Waals surface area (Å²) in [6, 6.07) is 5.31. The van der Waals surface area contributed by atoms with Crippen molar-refractivity contribution in [1.82, 2.24) is 4.90 Å². The van der Waals surface area contributed by atoms with Crippen molar-refractivity contribution in [3.63, 3.8) is 0 Å². The van der Waals surface area contributed by atoms with E-state index in [1.165, 1.54) is 4.90 Å². The zero-order valence-corrected chi connectivity index (χ0v) is 11.6. The molecule has 0 aliphatic carbocycles. The molecule has 0 bridgehead atoms. The summed E-state index contributed by atoms with van der Waals surface area (Å²) in [5, 5.41) is 0. The fourth-order valence-electron chi connectivity index (χ4n) is 1.80. The topological polar surface area (TPSA) is 46.6 Å². The lowest BCUT2D eigenvalue weighted by Crippen LogP contribution is -2.33. The quantitative estimate of drug-likeness (QED) is 0.476. The first kappa shape index (κ1) is 12.5. The smallest absolute Gasteiger partial charge is 0.262 e. The van der Waals surface area contributed by atoms with Crippen molar-refractivity contribution in [1.29, 1.82) is 0 Å². The lowest BCUT2D eigenvalue weighted by Gasteiger charge is -2.13. The number of imide groups is 1. The molecule has 0 radical (unpaired) electrons. The number of nitrogens with zero attached hydrogens (tertiary/aromatic N) is 1. The van der Waals surface area contributed by atoms with Crippen LogP contribution in [0.1, 0.15) is 27.6 Å². The van der Waals surface area contributed by atoms with Crippen molar-refractivity contribution in [2.75, 3.05) is 19.8 Å². The molecule has 5 heteroatoms. The number of fused-ring (bicyclic) bond motifs is 1. The summed E-state index contributed by atoms with van der Waals surface area (Å²) in [6.45, 7) is 3.17. The van der Waals surface area contributed by atoms with Gasteiger partial charge in [-0.3, -0.25) is 14.5 Å². The summed E-state index contributed by atoms with van der Waals surface area (Å²) < 4.78 is 5.99. The molecule has 0 aromatic heterocycles. The second-order valence-corrected chi connectivity index (χ2v) is 4.78. The number of rotatable bonds is 4. The fraction of sp³-hybridized carbons (Fsp3) is 0.333. The van der Waals surface area contributed by atoms with Gasteiger partial charge in [0.05, 0.1) is 24.3 Å². The number of ether oxygens (including phenoxy) is 1. The second kappa shape index (κ2) is 5.14. The lowest BCUT2D eigenvalue weighted by molar-refractivity contribution is 0.0574. The lowest BCUT2D eigenvalue weighted by atomic mass is 10.1. The third kappa shape index (κ3) is 2.21. The summed E-state index contributed by atoms with van der Waals surface area (Å²) in [6.07, 6.45) is 0. The van der Waals surface area contributed by atoms with Crippen LogP contribution in [-0.2, 0) is 4.74 Å². The Bertz CT molecular complexity index is 473. The number of hydrogen-bond acceptors (Lipinski definition) is 3. The fourth-order valence-corrected chi connectivity index (χ4v) is 2.52. The number of halogens is 1. The largest absolute Gasteiger partial charge is 0.380 e. The van der Waals surface area contributed by atoms with Crippen LogP contribution in [0.15, 0.2) is 18.2 Å². The highest BCUT2D eigenvalue weighted by molar-refractivity contribution is 14.1. The Kier molecular flexibility index (Phi) is 3.78. The maximum atomic E-state index is 12.1. The Morgan fingerprint density at radius 2 is 2.06 bits per heavy atom. The van der Waals surface area contributed by atoms with E-state index in [2.05, 4.69) is 22.6 Å². The Hall–Kier alpha value is -0.950. The van der Waals surface area contributed by atoms with Gasteiger partial charge in [0.1, 0.15) is 0 Å². The van der Waals surface area contributed by atoms with E-state index in [0.29, 0.717) is 30.9 Å². The van der Waals surface area contributed by atoms with Crippen LogP contribution < -0.4 is 0 Å². The van der Waals surface area contributed by atoms with Crippen molar-refractivity contribution >= 4 is 34.4 Å². The van der Waals surface area contributed by atoms with Gasteiger partial charge < -0.3 is 4.74 Å². The molecule has 17 heavy (non-hydrogen) atoms. The molecule has 0 fully saturated rings. The SMILES string of the molecule is CCOCCN1C(=O)c2cccc(I)c2C1=O. The van der Waals surface area contributed by atoms with E-state index in [1.807, 2.05) is 13.0 Å². The minimum Gasteiger partial charge on any atom is -0.380 e. The maximum Gasteiger partial charge on any atom is 0.262 e. The van der Waals surface area contributed by atoms with E-state index < -0.39 is 0 Å². The molecule has 0 unspecified atom stereocenters. The van der Waals surface area contributed by atoms with E-state index in [0.717, 1.165) is 3.57 Å². The molecular weight excluding hydrogens is 333 g/mol. The van der Waals surface area contributed by atoms with Crippen LogP contribution in [0.3, 0.4) is 0 Å². The van der Waals surface area contributed by atoms with E-state index in [4.69, 9.17) is 4.74 Å². The van der Waals surface area contributed by atoms with E-state index in [1.54, 1.807) is 12.1 Å². The normalized spacial score (nSPS) is 14.4. The third-order valence-electron chi connectivity index (χ3n) is 2.61. The molecule has 1 heterocycles. The van der Waals surface area contributed by atoms with E-state index in [-0.39, 0.29) is 11.8 Å². The van der Waals surface area contributed by atoms with Gasteiger partial charge in [-0.05, 0) is 41.6 Å². The highest BCUT2D eigenvalue weighted by Gasteiger charge is 2.36. The first-order chi connectivity index (χ1) is 8.16. The van der Waals surface area contributed by atoms with Crippen molar-refractivity contribution in [2.24, 2.45) is 0 Å². The van der Waals surface area contributed by atoms with E-state index in [9.17, 15) is 9.59 Å². The Morgan fingerprint density at radius 1 is 1.29 bits per heavy atom. The Morgan fingerprint density at radius 3 is 2.71 bits per heavy atom. The highest BCUT2D eigenvalue weighted by Crippen LogP contribution is 2.26. The van der Waals surface area contributed by atoms with Gasteiger partial charge in [0.15, 0.2) is 0 Å². The molecule has 1 aliphatic heterocycles. The molecule has 2 rings (SSSR count). The summed E-state index contributed by atoms with van der Waals surface area (Å²) in [5.74, 6) is -0.432. The molecule has 0 N–H and O–H groups in total. The van der Waals surface area contributed by atoms with Gasteiger partial charge in [-0.15, -0.1) is 0 Å². The molecule has 0 saturated heterocycles. The van der Waals surface area contributed by atoms with Crippen molar-refractivity contribution < 1.29 is 14.3 Å². The number of benzene rings is 1.